The predicted octanol–water partition coefficient (Wildman–Crippen LogP) is 0.583. The van der Waals surface area contributed by atoms with Crippen LogP contribution in [0.25, 0.3) is 11.3 Å². The lowest BCUT2D eigenvalue weighted by Crippen LogP contribution is -2.35. The average molecular weight is 388 g/mol. The largest absolute Gasteiger partial charge is 0.342 e. The molecule has 0 unspecified atom stereocenters. The molecule has 4 heterocycles. The van der Waals surface area contributed by atoms with Crippen LogP contribution < -0.4 is 5.56 Å². The van der Waals surface area contributed by atoms with Gasteiger partial charge in [-0.2, -0.15) is 0 Å². The number of nitrogens with one attached hydrogen (secondary N) is 1. The fourth-order valence-corrected chi connectivity index (χ4v) is 5.50. The lowest BCUT2D eigenvalue weighted by molar-refractivity contribution is -0.133. The van der Waals surface area contributed by atoms with Gasteiger partial charge in [-0.1, -0.05) is 0 Å². The SMILES string of the molecule is O=C([C@@H]1CCS(=O)(=O)C1)N1CC[C@H](c2nc(-c3cccnc3)cc(=O)[nH]2)C1. The van der Waals surface area contributed by atoms with Gasteiger partial charge in [0.05, 0.1) is 23.1 Å². The van der Waals surface area contributed by atoms with Crippen molar-refractivity contribution < 1.29 is 13.2 Å². The van der Waals surface area contributed by atoms with Gasteiger partial charge in [-0.25, -0.2) is 13.4 Å². The van der Waals surface area contributed by atoms with Crippen molar-refractivity contribution >= 4 is 15.7 Å². The highest BCUT2D eigenvalue weighted by molar-refractivity contribution is 7.91. The number of amides is 1. The third kappa shape index (κ3) is 3.78. The van der Waals surface area contributed by atoms with Crippen molar-refractivity contribution in [3.05, 3.63) is 46.8 Å². The first-order chi connectivity index (χ1) is 12.9. The van der Waals surface area contributed by atoms with Gasteiger partial charge in [0.2, 0.25) is 5.91 Å². The van der Waals surface area contributed by atoms with Gasteiger partial charge in [0, 0.05) is 43.0 Å². The molecule has 2 aliphatic rings. The first-order valence-corrected chi connectivity index (χ1v) is 10.7. The van der Waals surface area contributed by atoms with E-state index in [4.69, 9.17) is 0 Å². The van der Waals surface area contributed by atoms with Crippen molar-refractivity contribution in [2.75, 3.05) is 24.6 Å². The molecule has 0 spiro atoms. The molecular formula is C18H20N4O4S. The number of rotatable bonds is 3. The van der Waals surface area contributed by atoms with Crippen LogP contribution in [0.1, 0.15) is 24.6 Å². The normalized spacial score (nSPS) is 24.2. The molecule has 2 saturated heterocycles. The van der Waals surface area contributed by atoms with Crippen LogP contribution in [-0.2, 0) is 14.6 Å². The van der Waals surface area contributed by atoms with E-state index in [1.54, 1.807) is 23.4 Å². The summed E-state index contributed by atoms with van der Waals surface area (Å²) in [5, 5.41) is 0. The van der Waals surface area contributed by atoms with Gasteiger partial charge in [-0.15, -0.1) is 0 Å². The summed E-state index contributed by atoms with van der Waals surface area (Å²) in [6.07, 6.45) is 4.39. The smallest absolute Gasteiger partial charge is 0.251 e. The minimum absolute atomic E-state index is 0.0570. The van der Waals surface area contributed by atoms with Crippen molar-refractivity contribution in [2.24, 2.45) is 5.92 Å². The highest BCUT2D eigenvalue weighted by atomic mass is 32.2. The van der Waals surface area contributed by atoms with Crippen LogP contribution in [0.2, 0.25) is 0 Å². The van der Waals surface area contributed by atoms with Crippen LogP contribution in [0, 0.1) is 5.92 Å². The molecule has 0 saturated carbocycles. The van der Waals surface area contributed by atoms with Gasteiger partial charge in [0.1, 0.15) is 5.82 Å². The maximum absolute atomic E-state index is 12.6. The first kappa shape index (κ1) is 17.8. The van der Waals surface area contributed by atoms with Crippen molar-refractivity contribution in [1.29, 1.82) is 0 Å². The molecule has 2 aromatic heterocycles. The Kier molecular flexibility index (Phi) is 4.55. The van der Waals surface area contributed by atoms with E-state index in [1.165, 1.54) is 6.07 Å². The second kappa shape index (κ2) is 6.88. The highest BCUT2D eigenvalue weighted by Crippen LogP contribution is 2.29. The van der Waals surface area contributed by atoms with Crippen molar-refractivity contribution in [1.82, 2.24) is 19.9 Å². The van der Waals surface area contributed by atoms with Gasteiger partial charge < -0.3 is 9.88 Å². The minimum atomic E-state index is -3.09. The molecule has 1 N–H and O–H groups in total. The molecule has 4 rings (SSSR count). The number of nitrogens with zero attached hydrogens (tertiary/aromatic N) is 3. The van der Waals surface area contributed by atoms with Gasteiger partial charge >= 0.3 is 0 Å². The Bertz CT molecular complexity index is 1020. The molecule has 27 heavy (non-hydrogen) atoms. The van der Waals surface area contributed by atoms with E-state index >= 15 is 0 Å². The molecule has 1 amide bonds. The van der Waals surface area contributed by atoms with E-state index in [1.807, 2.05) is 6.07 Å². The van der Waals surface area contributed by atoms with Crippen LogP contribution in [-0.4, -0.2) is 58.8 Å². The van der Waals surface area contributed by atoms with Crippen molar-refractivity contribution in [3.63, 3.8) is 0 Å². The fraction of sp³-hybridized carbons (Fsp3) is 0.444. The Hall–Kier alpha value is -2.55. The van der Waals surface area contributed by atoms with E-state index in [0.717, 1.165) is 5.56 Å². The maximum atomic E-state index is 12.6. The lowest BCUT2D eigenvalue weighted by Gasteiger charge is -2.19. The Morgan fingerprint density at radius 3 is 2.85 bits per heavy atom. The molecule has 8 nitrogen and oxygen atoms in total. The molecule has 2 aliphatic heterocycles. The Morgan fingerprint density at radius 2 is 2.15 bits per heavy atom. The summed E-state index contributed by atoms with van der Waals surface area (Å²) in [7, 11) is -3.09. The molecule has 0 aliphatic carbocycles. The van der Waals surface area contributed by atoms with E-state index in [-0.39, 0.29) is 28.9 Å². The quantitative estimate of drug-likeness (QED) is 0.823. The van der Waals surface area contributed by atoms with Crippen LogP contribution in [0.5, 0.6) is 0 Å². The van der Waals surface area contributed by atoms with Gasteiger partial charge in [-0.3, -0.25) is 14.6 Å². The summed E-state index contributed by atoms with van der Waals surface area (Å²) in [5.74, 6) is -0.0415. The minimum Gasteiger partial charge on any atom is -0.342 e. The van der Waals surface area contributed by atoms with Gasteiger partial charge in [0.15, 0.2) is 9.84 Å². The first-order valence-electron chi connectivity index (χ1n) is 8.92. The average Bonchev–Trinajstić information content (AvgIpc) is 3.28. The van der Waals surface area contributed by atoms with Gasteiger partial charge in [-0.05, 0) is 25.0 Å². The summed E-state index contributed by atoms with van der Waals surface area (Å²) in [6, 6.07) is 5.05. The molecule has 2 fully saturated rings. The number of carbonyl (C=O) groups is 1. The number of hydrogen-bond donors (Lipinski definition) is 1. The van der Waals surface area contributed by atoms with Gasteiger partial charge in [0.25, 0.3) is 5.56 Å². The van der Waals surface area contributed by atoms with Crippen LogP contribution in [0.4, 0.5) is 0 Å². The summed E-state index contributed by atoms with van der Waals surface area (Å²) < 4.78 is 23.3. The Labute approximate surface area is 156 Å². The molecule has 0 radical (unpaired) electrons. The zero-order chi connectivity index (χ0) is 19.0. The lowest BCUT2D eigenvalue weighted by atomic mass is 10.1. The predicted molar refractivity (Wildman–Crippen MR) is 98.8 cm³/mol. The maximum Gasteiger partial charge on any atom is 0.251 e. The summed E-state index contributed by atoms with van der Waals surface area (Å²) in [5.41, 5.74) is 1.06. The summed E-state index contributed by atoms with van der Waals surface area (Å²) in [6.45, 7) is 0.982. The van der Waals surface area contributed by atoms with E-state index in [2.05, 4.69) is 15.0 Å². The van der Waals surface area contributed by atoms with Crippen LogP contribution in [0.3, 0.4) is 0 Å². The van der Waals surface area contributed by atoms with Crippen LogP contribution >= 0.6 is 0 Å². The second-order valence-electron chi connectivity index (χ2n) is 7.13. The van der Waals surface area contributed by atoms with E-state index < -0.39 is 15.8 Å². The molecule has 9 heteroatoms. The van der Waals surface area contributed by atoms with E-state index in [9.17, 15) is 18.0 Å². The van der Waals surface area contributed by atoms with E-state index in [0.29, 0.717) is 37.4 Å². The van der Waals surface area contributed by atoms with Crippen LogP contribution in [0.15, 0.2) is 35.4 Å². The van der Waals surface area contributed by atoms with Crippen molar-refractivity contribution in [3.8, 4) is 11.3 Å². The number of aromatic nitrogens is 3. The number of H-pyrrole nitrogens is 1. The zero-order valence-electron chi connectivity index (χ0n) is 14.7. The molecule has 0 aromatic carbocycles. The summed E-state index contributed by atoms with van der Waals surface area (Å²) >= 11 is 0. The Balaban J connectivity index is 1.52. The second-order valence-corrected chi connectivity index (χ2v) is 9.36. The number of pyridine rings is 1. The zero-order valence-corrected chi connectivity index (χ0v) is 15.5. The molecule has 0 bridgehead atoms. The topological polar surface area (TPSA) is 113 Å². The number of aromatic amines is 1. The van der Waals surface area contributed by atoms with Crippen molar-refractivity contribution in [2.45, 2.75) is 18.8 Å². The standard InChI is InChI=1S/C18H20N4O4S/c23-16-8-15(12-2-1-5-19-9-12)20-17(21-16)13-3-6-22(10-13)18(24)14-4-7-27(25,26)11-14/h1-2,5,8-9,13-14H,3-4,6-7,10-11H2,(H,20,21,23)/t13-,14+/m0/s1. The number of carbonyl (C=O) groups excluding carboxylic acids is 1. The molecule has 2 aromatic rings. The molecule has 2 atom stereocenters. The third-order valence-corrected chi connectivity index (χ3v) is 6.95. The third-order valence-electron chi connectivity index (χ3n) is 5.19. The molecular weight excluding hydrogens is 368 g/mol. The summed E-state index contributed by atoms with van der Waals surface area (Å²) in [4.78, 5) is 37.8. The number of sulfone groups is 1. The Morgan fingerprint density at radius 1 is 1.30 bits per heavy atom. The number of hydrogen-bond acceptors (Lipinski definition) is 6. The molecule has 142 valence electrons. The highest BCUT2D eigenvalue weighted by Gasteiger charge is 2.38. The fourth-order valence-electron chi connectivity index (χ4n) is 3.76. The number of likely N-dealkylation sites (tertiary alicyclic amines) is 1. The monoisotopic (exact) mass is 388 g/mol.